The van der Waals surface area contributed by atoms with Crippen LogP contribution in [-0.2, 0) is 6.54 Å². The Morgan fingerprint density at radius 2 is 2.05 bits per heavy atom. The van der Waals surface area contributed by atoms with Gasteiger partial charge in [-0.15, -0.1) is 0 Å². The Labute approximate surface area is 122 Å². The second-order valence-electron chi connectivity index (χ2n) is 5.09. The maximum absolute atomic E-state index is 11.0. The number of carbonyl (C=O) groups is 1. The molecule has 3 aromatic rings. The van der Waals surface area contributed by atoms with Crippen molar-refractivity contribution in [3.8, 4) is 0 Å². The highest BCUT2D eigenvalue weighted by atomic mass is 16.4. The molecule has 0 bridgehead atoms. The van der Waals surface area contributed by atoms with Gasteiger partial charge in [0.25, 0.3) is 0 Å². The Morgan fingerprint density at radius 3 is 2.86 bits per heavy atom. The second-order valence-corrected chi connectivity index (χ2v) is 5.09. The number of aryl methyl sites for hydroxylation is 1. The minimum atomic E-state index is -0.911. The summed E-state index contributed by atoms with van der Waals surface area (Å²) in [5.74, 6) is -0.911. The summed E-state index contributed by atoms with van der Waals surface area (Å²) in [7, 11) is 0. The van der Waals surface area contributed by atoms with Crippen molar-refractivity contribution in [2.24, 2.45) is 0 Å². The average molecular weight is 280 g/mol. The standard InChI is InChI=1S/C17H16N2O2/c1-11-2-4-14(17(20)21)9-15(11)19-10-12-3-5-13-6-7-18-16(13)8-12/h2-9,18-19H,10H2,1H3,(H,20,21). The molecule has 21 heavy (non-hydrogen) atoms. The molecule has 0 saturated heterocycles. The van der Waals surface area contributed by atoms with E-state index in [9.17, 15) is 4.79 Å². The number of rotatable bonds is 4. The molecule has 0 spiro atoms. The molecule has 2 aromatic carbocycles. The Balaban J connectivity index is 1.80. The third kappa shape index (κ3) is 2.74. The number of aromatic amines is 1. The molecule has 1 heterocycles. The summed E-state index contributed by atoms with van der Waals surface area (Å²) >= 11 is 0. The predicted octanol–water partition coefficient (Wildman–Crippen LogP) is 3.79. The quantitative estimate of drug-likeness (QED) is 0.681. The first-order valence-corrected chi connectivity index (χ1v) is 6.77. The Bertz CT molecular complexity index is 805. The van der Waals surface area contributed by atoms with Crippen molar-refractivity contribution in [3.63, 3.8) is 0 Å². The molecule has 0 aliphatic heterocycles. The van der Waals surface area contributed by atoms with Gasteiger partial charge in [-0.1, -0.05) is 18.2 Å². The van der Waals surface area contributed by atoms with Crippen LogP contribution in [0.5, 0.6) is 0 Å². The van der Waals surface area contributed by atoms with Gasteiger partial charge in [-0.25, -0.2) is 4.79 Å². The van der Waals surface area contributed by atoms with Crippen molar-refractivity contribution in [2.75, 3.05) is 5.32 Å². The van der Waals surface area contributed by atoms with Crippen LogP contribution in [0.1, 0.15) is 21.5 Å². The van der Waals surface area contributed by atoms with Gasteiger partial charge in [0.2, 0.25) is 0 Å². The summed E-state index contributed by atoms with van der Waals surface area (Å²) < 4.78 is 0. The van der Waals surface area contributed by atoms with E-state index in [1.165, 1.54) is 5.39 Å². The fourth-order valence-corrected chi connectivity index (χ4v) is 2.35. The van der Waals surface area contributed by atoms with E-state index in [1.807, 2.05) is 25.3 Å². The summed E-state index contributed by atoms with van der Waals surface area (Å²) in [6.07, 6.45) is 1.92. The molecule has 0 unspecified atom stereocenters. The van der Waals surface area contributed by atoms with Gasteiger partial charge in [0.1, 0.15) is 0 Å². The van der Waals surface area contributed by atoms with Crippen molar-refractivity contribution in [2.45, 2.75) is 13.5 Å². The number of nitrogens with one attached hydrogen (secondary N) is 2. The molecule has 0 atom stereocenters. The number of carboxylic acids is 1. The molecule has 3 N–H and O–H groups in total. The summed E-state index contributed by atoms with van der Waals surface area (Å²) in [6, 6.07) is 13.4. The zero-order valence-corrected chi connectivity index (χ0v) is 11.7. The van der Waals surface area contributed by atoms with Gasteiger partial charge in [0.05, 0.1) is 5.56 Å². The van der Waals surface area contributed by atoms with Gasteiger partial charge >= 0.3 is 5.97 Å². The smallest absolute Gasteiger partial charge is 0.335 e. The fraction of sp³-hybridized carbons (Fsp3) is 0.118. The van der Waals surface area contributed by atoms with E-state index in [0.717, 1.165) is 22.3 Å². The molecule has 4 heteroatoms. The number of anilines is 1. The van der Waals surface area contributed by atoms with Gasteiger partial charge in [0, 0.05) is 23.9 Å². The van der Waals surface area contributed by atoms with Crippen molar-refractivity contribution in [1.82, 2.24) is 4.98 Å². The van der Waals surface area contributed by atoms with Crippen LogP contribution in [0, 0.1) is 6.92 Å². The summed E-state index contributed by atoms with van der Waals surface area (Å²) in [5, 5.41) is 13.5. The van der Waals surface area contributed by atoms with Crippen molar-refractivity contribution in [3.05, 3.63) is 65.4 Å². The highest BCUT2D eigenvalue weighted by Crippen LogP contribution is 2.19. The van der Waals surface area contributed by atoms with E-state index in [0.29, 0.717) is 12.1 Å². The zero-order chi connectivity index (χ0) is 14.8. The third-order valence-corrected chi connectivity index (χ3v) is 3.59. The van der Waals surface area contributed by atoms with Crippen LogP contribution in [0.25, 0.3) is 10.9 Å². The molecule has 0 aliphatic rings. The summed E-state index contributed by atoms with van der Waals surface area (Å²) in [5.41, 5.74) is 4.42. The lowest BCUT2D eigenvalue weighted by molar-refractivity contribution is 0.0697. The lowest BCUT2D eigenvalue weighted by Crippen LogP contribution is -2.03. The van der Waals surface area contributed by atoms with E-state index in [1.54, 1.807) is 12.1 Å². The minimum absolute atomic E-state index is 0.294. The van der Waals surface area contributed by atoms with Crippen LogP contribution in [0.15, 0.2) is 48.7 Å². The van der Waals surface area contributed by atoms with E-state index in [2.05, 4.69) is 28.5 Å². The normalized spacial score (nSPS) is 10.7. The molecule has 4 nitrogen and oxygen atoms in total. The molecular weight excluding hydrogens is 264 g/mol. The molecular formula is C17H16N2O2. The first kappa shape index (κ1) is 13.2. The Hall–Kier alpha value is -2.75. The fourth-order valence-electron chi connectivity index (χ4n) is 2.35. The van der Waals surface area contributed by atoms with Crippen LogP contribution in [0.2, 0.25) is 0 Å². The minimum Gasteiger partial charge on any atom is -0.478 e. The molecule has 0 aliphatic carbocycles. The number of aromatic carboxylic acids is 1. The van der Waals surface area contributed by atoms with Gasteiger partial charge < -0.3 is 15.4 Å². The van der Waals surface area contributed by atoms with Crippen molar-refractivity contribution < 1.29 is 9.90 Å². The molecule has 0 amide bonds. The van der Waals surface area contributed by atoms with Crippen LogP contribution in [0.3, 0.4) is 0 Å². The maximum atomic E-state index is 11.0. The van der Waals surface area contributed by atoms with Crippen LogP contribution in [0.4, 0.5) is 5.69 Å². The number of fused-ring (bicyclic) bond motifs is 1. The third-order valence-electron chi connectivity index (χ3n) is 3.59. The number of benzene rings is 2. The summed E-state index contributed by atoms with van der Waals surface area (Å²) in [4.78, 5) is 14.2. The molecule has 106 valence electrons. The second kappa shape index (κ2) is 5.32. The van der Waals surface area contributed by atoms with Crippen LogP contribution >= 0.6 is 0 Å². The first-order chi connectivity index (χ1) is 10.1. The van der Waals surface area contributed by atoms with Gasteiger partial charge in [0.15, 0.2) is 0 Å². The number of hydrogen-bond acceptors (Lipinski definition) is 2. The average Bonchev–Trinajstić information content (AvgIpc) is 2.93. The largest absolute Gasteiger partial charge is 0.478 e. The number of H-pyrrole nitrogens is 1. The van der Waals surface area contributed by atoms with Crippen molar-refractivity contribution >= 4 is 22.6 Å². The van der Waals surface area contributed by atoms with Gasteiger partial charge in [-0.3, -0.25) is 0 Å². The van der Waals surface area contributed by atoms with E-state index in [-0.39, 0.29) is 0 Å². The van der Waals surface area contributed by atoms with E-state index < -0.39 is 5.97 Å². The van der Waals surface area contributed by atoms with E-state index >= 15 is 0 Å². The van der Waals surface area contributed by atoms with Crippen LogP contribution in [-0.4, -0.2) is 16.1 Å². The number of hydrogen-bond donors (Lipinski definition) is 3. The first-order valence-electron chi connectivity index (χ1n) is 6.77. The highest BCUT2D eigenvalue weighted by molar-refractivity contribution is 5.89. The lowest BCUT2D eigenvalue weighted by atomic mass is 10.1. The molecule has 0 saturated carbocycles. The predicted molar refractivity (Wildman–Crippen MR) is 83.8 cm³/mol. The van der Waals surface area contributed by atoms with Crippen molar-refractivity contribution in [1.29, 1.82) is 0 Å². The highest BCUT2D eigenvalue weighted by Gasteiger charge is 2.06. The topological polar surface area (TPSA) is 65.1 Å². The molecule has 0 fully saturated rings. The molecule has 1 aromatic heterocycles. The Morgan fingerprint density at radius 1 is 1.19 bits per heavy atom. The SMILES string of the molecule is Cc1ccc(C(=O)O)cc1NCc1ccc2cc[nH]c2c1. The molecule has 0 radical (unpaired) electrons. The lowest BCUT2D eigenvalue weighted by Gasteiger charge is -2.10. The van der Waals surface area contributed by atoms with Gasteiger partial charge in [-0.05, 0) is 47.7 Å². The Kier molecular flexibility index (Phi) is 3.36. The maximum Gasteiger partial charge on any atom is 0.335 e. The number of carboxylic acid groups (broad SMARTS) is 1. The zero-order valence-electron chi connectivity index (χ0n) is 11.7. The molecule has 3 rings (SSSR count). The van der Waals surface area contributed by atoms with Gasteiger partial charge in [-0.2, -0.15) is 0 Å². The monoisotopic (exact) mass is 280 g/mol. The van der Waals surface area contributed by atoms with Crippen LogP contribution < -0.4 is 5.32 Å². The van der Waals surface area contributed by atoms with E-state index in [4.69, 9.17) is 5.11 Å². The number of aromatic nitrogens is 1. The summed E-state index contributed by atoms with van der Waals surface area (Å²) in [6.45, 7) is 2.61.